The van der Waals surface area contributed by atoms with Crippen molar-refractivity contribution in [2.75, 3.05) is 11.9 Å². The van der Waals surface area contributed by atoms with E-state index in [9.17, 15) is 14.4 Å². The summed E-state index contributed by atoms with van der Waals surface area (Å²) in [6.45, 7) is 5.67. The maximum Gasteiger partial charge on any atom is 0.322 e. The van der Waals surface area contributed by atoms with Gasteiger partial charge < -0.3 is 15.7 Å². The monoisotopic (exact) mass is 320 g/mol. The third-order valence-corrected chi connectivity index (χ3v) is 3.56. The van der Waals surface area contributed by atoms with Crippen LogP contribution in [0.4, 0.5) is 5.69 Å². The van der Waals surface area contributed by atoms with Crippen molar-refractivity contribution < 1.29 is 19.5 Å². The summed E-state index contributed by atoms with van der Waals surface area (Å²) in [5, 5.41) is 13.7. The van der Waals surface area contributed by atoms with Gasteiger partial charge in [0, 0.05) is 17.2 Å². The summed E-state index contributed by atoms with van der Waals surface area (Å²) >= 11 is 0. The van der Waals surface area contributed by atoms with Crippen LogP contribution in [0.3, 0.4) is 0 Å². The minimum atomic E-state index is -1.10. The molecule has 0 heterocycles. The lowest BCUT2D eigenvalue weighted by molar-refractivity contribution is -0.135. The van der Waals surface area contributed by atoms with E-state index in [1.165, 1.54) is 0 Å². The second-order valence-corrected chi connectivity index (χ2v) is 5.78. The molecule has 3 N–H and O–H groups in total. The summed E-state index contributed by atoms with van der Waals surface area (Å²) < 4.78 is 0. The van der Waals surface area contributed by atoms with Crippen LogP contribution in [-0.2, 0) is 9.59 Å². The number of aliphatic carboxylic acids is 1. The molecule has 0 aliphatic heterocycles. The summed E-state index contributed by atoms with van der Waals surface area (Å²) in [5.74, 6) is -1.37. The highest BCUT2D eigenvalue weighted by atomic mass is 16.4. The lowest BCUT2D eigenvalue weighted by Crippen LogP contribution is -2.29. The minimum Gasteiger partial charge on any atom is -0.480 e. The van der Waals surface area contributed by atoms with Crippen LogP contribution in [0.1, 0.15) is 44.0 Å². The number of amides is 2. The summed E-state index contributed by atoms with van der Waals surface area (Å²) in [6, 6.07) is 6.38. The maximum atomic E-state index is 12.3. The van der Waals surface area contributed by atoms with Crippen molar-refractivity contribution in [1.82, 2.24) is 5.32 Å². The molecule has 1 rings (SSSR count). The molecule has 1 atom stereocenters. The van der Waals surface area contributed by atoms with Gasteiger partial charge >= 0.3 is 5.97 Å². The van der Waals surface area contributed by atoms with E-state index in [2.05, 4.69) is 10.6 Å². The first-order valence-electron chi connectivity index (χ1n) is 7.76. The molecule has 0 spiro atoms. The lowest BCUT2D eigenvalue weighted by Gasteiger charge is -2.19. The third kappa shape index (κ3) is 6.10. The van der Waals surface area contributed by atoms with Crippen molar-refractivity contribution in [1.29, 1.82) is 0 Å². The van der Waals surface area contributed by atoms with Crippen LogP contribution in [0.15, 0.2) is 24.3 Å². The highest BCUT2D eigenvalue weighted by molar-refractivity contribution is 5.97. The SMILES string of the molecule is CCCC(C(=O)Nc1ccc(C(=O)NCC(=O)O)cc1)C(C)C. The molecule has 2 amide bonds. The van der Waals surface area contributed by atoms with Gasteiger partial charge in [-0.05, 0) is 36.6 Å². The van der Waals surface area contributed by atoms with Gasteiger partial charge in [0.25, 0.3) is 5.91 Å². The summed E-state index contributed by atoms with van der Waals surface area (Å²) in [5.41, 5.74) is 0.963. The molecule has 1 aromatic carbocycles. The van der Waals surface area contributed by atoms with Crippen molar-refractivity contribution in [2.24, 2.45) is 11.8 Å². The first-order valence-corrected chi connectivity index (χ1v) is 7.76. The van der Waals surface area contributed by atoms with Crippen molar-refractivity contribution in [3.63, 3.8) is 0 Å². The average molecular weight is 320 g/mol. The van der Waals surface area contributed by atoms with E-state index in [1.54, 1.807) is 24.3 Å². The van der Waals surface area contributed by atoms with E-state index >= 15 is 0 Å². The topological polar surface area (TPSA) is 95.5 Å². The predicted octanol–water partition coefficient (Wildman–Crippen LogP) is 2.51. The van der Waals surface area contributed by atoms with E-state index in [0.29, 0.717) is 11.3 Å². The van der Waals surface area contributed by atoms with Crippen molar-refractivity contribution in [2.45, 2.75) is 33.6 Å². The first kappa shape index (κ1) is 18.7. The Morgan fingerprint density at radius 2 is 1.74 bits per heavy atom. The van der Waals surface area contributed by atoms with Crippen molar-refractivity contribution in [3.05, 3.63) is 29.8 Å². The number of carbonyl (C=O) groups is 3. The Morgan fingerprint density at radius 1 is 1.13 bits per heavy atom. The van der Waals surface area contributed by atoms with Gasteiger partial charge in [0.1, 0.15) is 6.54 Å². The average Bonchev–Trinajstić information content (AvgIpc) is 2.50. The van der Waals surface area contributed by atoms with Crippen LogP contribution in [0.2, 0.25) is 0 Å². The Bertz CT molecular complexity index is 552. The van der Waals surface area contributed by atoms with E-state index in [4.69, 9.17) is 5.11 Å². The molecule has 0 aromatic heterocycles. The minimum absolute atomic E-state index is 0.0232. The van der Waals surface area contributed by atoms with Crippen molar-refractivity contribution >= 4 is 23.5 Å². The zero-order chi connectivity index (χ0) is 17.4. The smallest absolute Gasteiger partial charge is 0.322 e. The number of anilines is 1. The molecule has 0 saturated heterocycles. The van der Waals surface area contributed by atoms with Crippen LogP contribution in [0.25, 0.3) is 0 Å². The molecule has 6 heteroatoms. The molecule has 126 valence electrons. The molecular formula is C17H24N2O4. The lowest BCUT2D eigenvalue weighted by atomic mass is 9.90. The number of rotatable bonds is 8. The molecule has 0 bridgehead atoms. The molecule has 0 saturated carbocycles. The maximum absolute atomic E-state index is 12.3. The Balaban J connectivity index is 2.67. The molecule has 0 aliphatic carbocycles. The number of hydrogen-bond acceptors (Lipinski definition) is 3. The Morgan fingerprint density at radius 3 is 2.22 bits per heavy atom. The third-order valence-electron chi connectivity index (χ3n) is 3.56. The Hall–Kier alpha value is -2.37. The van der Waals surface area contributed by atoms with E-state index in [-0.39, 0.29) is 17.7 Å². The first-order chi connectivity index (χ1) is 10.8. The molecule has 23 heavy (non-hydrogen) atoms. The van der Waals surface area contributed by atoms with Gasteiger partial charge in [-0.1, -0.05) is 27.2 Å². The molecule has 0 fully saturated rings. The second-order valence-electron chi connectivity index (χ2n) is 5.78. The van der Waals surface area contributed by atoms with Gasteiger partial charge in [-0.15, -0.1) is 0 Å². The van der Waals surface area contributed by atoms with E-state index in [1.807, 2.05) is 20.8 Å². The van der Waals surface area contributed by atoms with Gasteiger partial charge in [0.15, 0.2) is 0 Å². The number of carboxylic acid groups (broad SMARTS) is 1. The van der Waals surface area contributed by atoms with Gasteiger partial charge in [-0.3, -0.25) is 14.4 Å². The van der Waals surface area contributed by atoms with Gasteiger partial charge in [-0.25, -0.2) is 0 Å². The molecule has 0 aliphatic rings. The zero-order valence-corrected chi connectivity index (χ0v) is 13.8. The standard InChI is InChI=1S/C17H24N2O4/c1-4-5-14(11(2)3)17(23)19-13-8-6-12(7-9-13)16(22)18-10-15(20)21/h6-9,11,14H,4-5,10H2,1-3H3,(H,18,22)(H,19,23)(H,20,21). The van der Waals surface area contributed by atoms with Gasteiger partial charge in [0.05, 0.1) is 0 Å². The zero-order valence-electron chi connectivity index (χ0n) is 13.8. The molecular weight excluding hydrogens is 296 g/mol. The summed E-state index contributed by atoms with van der Waals surface area (Å²) in [6.07, 6.45) is 1.78. The highest BCUT2D eigenvalue weighted by Gasteiger charge is 2.21. The van der Waals surface area contributed by atoms with Crippen LogP contribution >= 0.6 is 0 Å². The number of hydrogen-bond donors (Lipinski definition) is 3. The van der Waals surface area contributed by atoms with E-state index in [0.717, 1.165) is 12.8 Å². The van der Waals surface area contributed by atoms with Crippen LogP contribution < -0.4 is 10.6 Å². The second kappa shape index (κ2) is 8.92. The summed E-state index contributed by atoms with van der Waals surface area (Å²) in [7, 11) is 0. The fraction of sp³-hybridized carbons (Fsp3) is 0.471. The summed E-state index contributed by atoms with van der Waals surface area (Å²) in [4.78, 5) is 34.4. The number of carboxylic acids is 1. The van der Waals surface area contributed by atoms with Crippen molar-refractivity contribution in [3.8, 4) is 0 Å². The molecule has 1 aromatic rings. The molecule has 1 unspecified atom stereocenters. The van der Waals surface area contributed by atoms with E-state index < -0.39 is 18.4 Å². The largest absolute Gasteiger partial charge is 0.480 e. The fourth-order valence-electron chi connectivity index (χ4n) is 2.28. The Labute approximate surface area is 136 Å². The fourth-order valence-corrected chi connectivity index (χ4v) is 2.28. The quantitative estimate of drug-likeness (QED) is 0.686. The molecule has 6 nitrogen and oxygen atoms in total. The Kier molecular flexibility index (Phi) is 7.25. The van der Waals surface area contributed by atoms with Crippen LogP contribution in [-0.4, -0.2) is 29.4 Å². The van der Waals surface area contributed by atoms with Crippen LogP contribution in [0.5, 0.6) is 0 Å². The highest BCUT2D eigenvalue weighted by Crippen LogP contribution is 2.20. The van der Waals surface area contributed by atoms with Gasteiger partial charge in [-0.2, -0.15) is 0 Å². The number of carbonyl (C=O) groups excluding carboxylic acids is 2. The van der Waals surface area contributed by atoms with Crippen LogP contribution in [0, 0.1) is 11.8 Å². The number of nitrogens with one attached hydrogen (secondary N) is 2. The van der Waals surface area contributed by atoms with Gasteiger partial charge in [0.2, 0.25) is 5.91 Å². The molecule has 0 radical (unpaired) electrons. The number of benzene rings is 1. The predicted molar refractivity (Wildman–Crippen MR) is 88.3 cm³/mol. The normalized spacial score (nSPS) is 11.8.